The van der Waals surface area contributed by atoms with Crippen molar-refractivity contribution in [2.45, 2.75) is 0 Å². The van der Waals surface area contributed by atoms with Gasteiger partial charge < -0.3 is 0 Å². The molecule has 0 radical (unpaired) electrons. The molecule has 0 unspecified atom stereocenters. The van der Waals surface area contributed by atoms with Gasteiger partial charge in [-0.05, 0) is 0 Å². The van der Waals surface area contributed by atoms with Gasteiger partial charge in [-0.15, -0.1) is 5.11 Å². The first kappa shape index (κ1) is 3.15. The highest BCUT2D eigenvalue weighted by Crippen LogP contribution is 1.95. The summed E-state index contributed by atoms with van der Waals surface area (Å²) in [4.78, 5) is 0. The number of hydrogen-bond acceptors (Lipinski definition) is 2. The molecule has 0 saturated carbocycles. The number of nitrogens with zero attached hydrogens (tertiary/aromatic N) is 1. The van der Waals surface area contributed by atoms with Gasteiger partial charge in [0.05, 0.1) is 17.7 Å². The van der Waals surface area contributed by atoms with Gasteiger partial charge >= 0.3 is 0 Å². The second-order valence-corrected chi connectivity index (χ2v) is 1.68. The Labute approximate surface area is 34.8 Å². The third-order valence-corrected chi connectivity index (χ3v) is 1.08. The zero-order valence-electron chi connectivity index (χ0n) is 2.77. The molecule has 0 atom stereocenters. The van der Waals surface area contributed by atoms with E-state index in [1.165, 1.54) is 0 Å². The minimum absolute atomic E-state index is 1.05. The number of nitrogens with one attached hydrogen (secondary N) is 1. The van der Waals surface area contributed by atoms with Crippen LogP contribution in [0.15, 0.2) is 4.52 Å². The Morgan fingerprint density at radius 1 is 1.80 bits per heavy atom. The molecule has 1 heterocycles. The maximum absolute atomic E-state index is 3.75. The second-order valence-electron chi connectivity index (χ2n) is 0.833. The fraction of sp³-hybridized carbons (Fsp3) is 1.00. The van der Waals surface area contributed by atoms with E-state index in [9.17, 15) is 0 Å². The number of hydrogen-bond donors (Lipinski definition) is 1. The van der Waals surface area contributed by atoms with Crippen molar-refractivity contribution in [1.82, 2.24) is 0 Å². The van der Waals surface area contributed by atoms with Crippen molar-refractivity contribution in [3.63, 3.8) is 0 Å². The Morgan fingerprint density at radius 3 is 3.00 bits per heavy atom. The van der Waals surface area contributed by atoms with Crippen LogP contribution in [-0.4, -0.2) is 12.3 Å². The zero-order valence-corrected chi connectivity index (χ0v) is 3.59. The fourth-order valence-corrected chi connectivity index (χ4v) is 0.685. The normalized spacial score (nSPS) is 20.8. The second kappa shape index (κ2) is 1.40. The van der Waals surface area contributed by atoms with Gasteiger partial charge in [-0.2, -0.15) is 0 Å². The molecule has 1 aliphatic heterocycles. The average molecular weight is 89.1 g/mol. The van der Waals surface area contributed by atoms with Crippen LogP contribution in [0.4, 0.5) is 0 Å². The van der Waals surface area contributed by atoms with Crippen LogP contribution in [0.3, 0.4) is 0 Å². The van der Waals surface area contributed by atoms with Crippen molar-refractivity contribution in [3.05, 3.63) is 0 Å². The van der Waals surface area contributed by atoms with Gasteiger partial charge in [0.25, 0.3) is 0 Å². The van der Waals surface area contributed by atoms with Crippen LogP contribution < -0.4 is 5.11 Å². The summed E-state index contributed by atoms with van der Waals surface area (Å²) in [6.45, 7) is 1.05. The van der Waals surface area contributed by atoms with E-state index in [4.69, 9.17) is 0 Å². The Kier molecular flexibility index (Phi) is 0.884. The van der Waals surface area contributed by atoms with Crippen LogP contribution in [0.25, 0.3) is 0 Å². The summed E-state index contributed by atoms with van der Waals surface area (Å²) in [5.41, 5.74) is 0. The smallest absolute Gasteiger partial charge is 0.129 e. The minimum atomic E-state index is 1.05. The largest absolute Gasteiger partial charge is 0.177 e. The summed E-state index contributed by atoms with van der Waals surface area (Å²) >= 11 is 1.59. The SMILES string of the molecule is C1CSN=[NH+]1. The zero-order chi connectivity index (χ0) is 3.54. The van der Waals surface area contributed by atoms with E-state index < -0.39 is 0 Å². The van der Waals surface area contributed by atoms with Gasteiger partial charge in [-0.3, -0.25) is 0 Å². The lowest BCUT2D eigenvalue weighted by molar-refractivity contribution is -0.511. The molecule has 0 fully saturated rings. The lowest BCUT2D eigenvalue weighted by Gasteiger charge is -1.56. The van der Waals surface area contributed by atoms with Crippen molar-refractivity contribution in [3.8, 4) is 0 Å². The van der Waals surface area contributed by atoms with Crippen molar-refractivity contribution < 1.29 is 5.11 Å². The molecular weight excluding hydrogens is 84.1 g/mol. The highest BCUT2D eigenvalue weighted by atomic mass is 32.2. The Morgan fingerprint density at radius 2 is 2.80 bits per heavy atom. The lowest BCUT2D eigenvalue weighted by atomic mass is 10.8. The molecular formula is C2H5N2S+. The highest BCUT2D eigenvalue weighted by molar-refractivity contribution is 7.97. The summed E-state index contributed by atoms with van der Waals surface area (Å²) in [7, 11) is 0. The maximum Gasteiger partial charge on any atom is 0.177 e. The molecule has 0 aromatic rings. The summed E-state index contributed by atoms with van der Waals surface area (Å²) in [6, 6.07) is 0. The minimum Gasteiger partial charge on any atom is -0.129 e. The summed E-state index contributed by atoms with van der Waals surface area (Å²) in [5, 5.41) is 2.81. The van der Waals surface area contributed by atoms with E-state index >= 15 is 0 Å². The summed E-state index contributed by atoms with van der Waals surface area (Å²) < 4.78 is 3.75. The molecule has 0 aliphatic carbocycles. The van der Waals surface area contributed by atoms with E-state index in [0.717, 1.165) is 12.3 Å². The molecule has 0 bridgehead atoms. The predicted octanol–water partition coefficient (Wildman–Crippen LogP) is -0.819. The van der Waals surface area contributed by atoms with Crippen LogP contribution in [0.2, 0.25) is 0 Å². The monoisotopic (exact) mass is 89.0 g/mol. The standard InChI is InChI=1S/C2H4N2S/c1-2-5-4-3-1/h1-2H2/p+1. The van der Waals surface area contributed by atoms with Crippen molar-refractivity contribution >= 4 is 11.9 Å². The van der Waals surface area contributed by atoms with Crippen molar-refractivity contribution in [2.75, 3.05) is 12.3 Å². The first-order chi connectivity index (χ1) is 2.50. The first-order valence-corrected chi connectivity index (χ1v) is 2.49. The topological polar surface area (TPSA) is 26.3 Å². The molecule has 1 aliphatic rings. The molecule has 1 N–H and O–H groups in total. The van der Waals surface area contributed by atoms with Crippen LogP contribution in [0.5, 0.6) is 0 Å². The Bertz CT molecular complexity index is 45.6. The van der Waals surface area contributed by atoms with Gasteiger partial charge in [0.15, 0.2) is 6.54 Å². The summed E-state index contributed by atoms with van der Waals surface area (Å²) in [5.74, 6) is 1.14. The van der Waals surface area contributed by atoms with E-state index in [2.05, 4.69) is 9.63 Å². The van der Waals surface area contributed by atoms with E-state index in [1.807, 2.05) is 0 Å². The summed E-state index contributed by atoms with van der Waals surface area (Å²) in [6.07, 6.45) is 0. The van der Waals surface area contributed by atoms with Gasteiger partial charge in [0.1, 0.15) is 0 Å². The third-order valence-electron chi connectivity index (χ3n) is 0.434. The van der Waals surface area contributed by atoms with E-state index in [1.54, 1.807) is 11.9 Å². The van der Waals surface area contributed by atoms with Crippen LogP contribution in [-0.2, 0) is 0 Å². The van der Waals surface area contributed by atoms with Crippen molar-refractivity contribution in [1.29, 1.82) is 0 Å². The molecule has 3 heteroatoms. The predicted molar refractivity (Wildman–Crippen MR) is 20.7 cm³/mol. The molecule has 1 rings (SSSR count). The molecule has 0 spiro atoms. The van der Waals surface area contributed by atoms with Crippen LogP contribution >= 0.6 is 11.9 Å². The quantitative estimate of drug-likeness (QED) is 0.386. The van der Waals surface area contributed by atoms with Crippen molar-refractivity contribution in [2.24, 2.45) is 4.52 Å². The molecule has 0 aromatic carbocycles. The molecule has 0 saturated heterocycles. The van der Waals surface area contributed by atoms with Gasteiger partial charge in [0.2, 0.25) is 0 Å². The fourth-order valence-electron chi connectivity index (χ4n) is 0.228. The van der Waals surface area contributed by atoms with E-state index in [-0.39, 0.29) is 0 Å². The Hall–Kier alpha value is -0.0500. The highest BCUT2D eigenvalue weighted by Gasteiger charge is 1.96. The maximum atomic E-state index is 3.75. The van der Waals surface area contributed by atoms with Gasteiger partial charge in [-0.1, -0.05) is 0 Å². The van der Waals surface area contributed by atoms with Crippen LogP contribution in [0, 0.1) is 0 Å². The van der Waals surface area contributed by atoms with Crippen LogP contribution in [0.1, 0.15) is 0 Å². The molecule has 28 valence electrons. The molecule has 0 aromatic heterocycles. The molecule has 2 nitrogen and oxygen atoms in total. The molecule has 0 amide bonds. The average Bonchev–Trinajstić information content (AvgIpc) is 1.76. The first-order valence-electron chi connectivity index (χ1n) is 1.55. The van der Waals surface area contributed by atoms with Gasteiger partial charge in [-0.25, -0.2) is 0 Å². The third kappa shape index (κ3) is 0.613. The molecule has 5 heavy (non-hydrogen) atoms. The van der Waals surface area contributed by atoms with E-state index in [0.29, 0.717) is 0 Å². The van der Waals surface area contributed by atoms with Gasteiger partial charge in [0, 0.05) is 4.52 Å². The number of rotatable bonds is 0. The lowest BCUT2D eigenvalue weighted by Crippen LogP contribution is -2.63. The Balaban J connectivity index is 2.32.